The van der Waals surface area contributed by atoms with Gasteiger partial charge in [-0.3, -0.25) is 4.79 Å². The van der Waals surface area contributed by atoms with Crippen molar-refractivity contribution in [1.82, 2.24) is 14.9 Å². The van der Waals surface area contributed by atoms with Crippen molar-refractivity contribution in [3.63, 3.8) is 0 Å². The molecule has 3 rings (SSSR count). The molecule has 38 heavy (non-hydrogen) atoms. The highest BCUT2D eigenvalue weighted by atomic mass is 32.2. The van der Waals surface area contributed by atoms with E-state index in [4.69, 9.17) is 0 Å². The maximum absolute atomic E-state index is 14.1. The van der Waals surface area contributed by atoms with Gasteiger partial charge < -0.3 is 14.7 Å². The summed E-state index contributed by atoms with van der Waals surface area (Å²) in [6, 6.07) is 3.50. The lowest BCUT2D eigenvalue weighted by atomic mass is 9.99. The van der Waals surface area contributed by atoms with E-state index in [1.807, 2.05) is 25.7 Å². The van der Waals surface area contributed by atoms with E-state index in [0.717, 1.165) is 24.9 Å². The lowest BCUT2D eigenvalue weighted by Crippen LogP contribution is -2.56. The van der Waals surface area contributed by atoms with Gasteiger partial charge in [-0.25, -0.2) is 22.8 Å². The van der Waals surface area contributed by atoms with E-state index >= 15 is 0 Å². The van der Waals surface area contributed by atoms with Crippen molar-refractivity contribution >= 4 is 27.4 Å². The second kappa shape index (κ2) is 11.4. The summed E-state index contributed by atoms with van der Waals surface area (Å²) in [7, 11) is -2.34. The number of halogens is 4. The van der Waals surface area contributed by atoms with Crippen molar-refractivity contribution in [3.8, 4) is 0 Å². The summed E-state index contributed by atoms with van der Waals surface area (Å²) in [5, 5.41) is 0. The Bertz CT molecular complexity index is 1270. The first-order chi connectivity index (χ1) is 17.6. The second-order valence-electron chi connectivity index (χ2n) is 9.85. The highest BCUT2D eigenvalue weighted by Crippen LogP contribution is 2.34. The Hall–Kier alpha value is -2.96. The molecule has 8 nitrogen and oxygen atoms in total. The van der Waals surface area contributed by atoms with Crippen molar-refractivity contribution < 1.29 is 30.8 Å². The zero-order chi connectivity index (χ0) is 28.4. The van der Waals surface area contributed by atoms with Gasteiger partial charge in [-0.2, -0.15) is 13.2 Å². The van der Waals surface area contributed by atoms with Crippen LogP contribution in [-0.4, -0.2) is 74.7 Å². The predicted molar refractivity (Wildman–Crippen MR) is 137 cm³/mol. The maximum Gasteiger partial charge on any atom is 0.434 e. The normalized spacial score (nSPS) is 16.7. The molecule has 1 aliphatic heterocycles. The fourth-order valence-electron chi connectivity index (χ4n) is 4.42. The Morgan fingerprint density at radius 2 is 1.92 bits per heavy atom. The van der Waals surface area contributed by atoms with Crippen LogP contribution in [0.15, 0.2) is 29.3 Å². The first kappa shape index (κ1) is 29.6. The fourth-order valence-corrected chi connectivity index (χ4v) is 5.18. The molecule has 2 heterocycles. The van der Waals surface area contributed by atoms with Gasteiger partial charge in [-0.1, -0.05) is 27.2 Å². The van der Waals surface area contributed by atoms with Crippen LogP contribution in [0.25, 0.3) is 0 Å². The minimum Gasteiger partial charge on any atom is -0.368 e. The van der Waals surface area contributed by atoms with E-state index in [-0.39, 0.29) is 24.5 Å². The number of carbonyl (C=O) groups is 1. The van der Waals surface area contributed by atoms with Gasteiger partial charge in [0.25, 0.3) is 5.91 Å². The number of benzene rings is 1. The molecule has 0 bridgehead atoms. The number of unbranched alkanes of at least 4 members (excludes halogenated alkanes) is 1. The first-order valence-corrected chi connectivity index (χ1v) is 14.2. The largest absolute Gasteiger partial charge is 0.434 e. The van der Waals surface area contributed by atoms with E-state index < -0.39 is 43.9 Å². The third-order valence-corrected chi connectivity index (χ3v) is 7.70. The van der Waals surface area contributed by atoms with Gasteiger partial charge in [-0.05, 0) is 30.5 Å². The topological polar surface area (TPSA) is 86.7 Å². The zero-order valence-corrected chi connectivity index (χ0v) is 22.9. The van der Waals surface area contributed by atoms with Crippen LogP contribution in [0.3, 0.4) is 0 Å². The molecule has 0 saturated carbocycles. The standard InChI is InChI=1S/C25H33F4N5O3S/c1-6-7-10-32(4)23(35)18-14-30-24(31-22(18)25(27,28)29)34-12-11-33(15-20(34)16(2)3)17-8-9-19(26)21(13-17)38(5,36)37/h8-9,13-14,16,20H,6-7,10-12,15H2,1-5H3. The summed E-state index contributed by atoms with van der Waals surface area (Å²) in [6.45, 7) is 6.90. The third kappa shape index (κ3) is 6.54. The van der Waals surface area contributed by atoms with Crippen LogP contribution in [-0.2, 0) is 16.0 Å². The number of aromatic nitrogens is 2. The first-order valence-electron chi connectivity index (χ1n) is 12.4. The Morgan fingerprint density at radius 3 is 2.50 bits per heavy atom. The van der Waals surface area contributed by atoms with Crippen molar-refractivity contribution in [2.75, 3.05) is 49.3 Å². The summed E-state index contributed by atoms with van der Waals surface area (Å²) >= 11 is 0. The number of sulfone groups is 1. The van der Waals surface area contributed by atoms with E-state index in [0.29, 0.717) is 31.7 Å². The molecule has 2 aromatic rings. The molecule has 210 valence electrons. The van der Waals surface area contributed by atoms with Crippen LogP contribution in [0.2, 0.25) is 0 Å². The molecule has 0 radical (unpaired) electrons. The van der Waals surface area contributed by atoms with Crippen LogP contribution in [0.5, 0.6) is 0 Å². The molecule has 1 amide bonds. The number of anilines is 2. The highest BCUT2D eigenvalue weighted by Gasteiger charge is 2.40. The quantitative estimate of drug-likeness (QED) is 0.447. The smallest absolute Gasteiger partial charge is 0.368 e. The third-order valence-electron chi connectivity index (χ3n) is 6.59. The summed E-state index contributed by atoms with van der Waals surface area (Å²) in [5.74, 6) is -1.83. The molecule has 0 spiro atoms. The Morgan fingerprint density at radius 1 is 1.24 bits per heavy atom. The number of hydrogen-bond acceptors (Lipinski definition) is 7. The monoisotopic (exact) mass is 559 g/mol. The molecule has 1 unspecified atom stereocenters. The van der Waals surface area contributed by atoms with E-state index in [1.165, 1.54) is 24.1 Å². The number of rotatable bonds is 8. The van der Waals surface area contributed by atoms with Gasteiger partial charge in [0.1, 0.15) is 10.7 Å². The van der Waals surface area contributed by atoms with Gasteiger partial charge in [0.2, 0.25) is 5.95 Å². The van der Waals surface area contributed by atoms with E-state index in [9.17, 15) is 30.8 Å². The highest BCUT2D eigenvalue weighted by molar-refractivity contribution is 7.90. The average Bonchev–Trinajstić information content (AvgIpc) is 2.85. The van der Waals surface area contributed by atoms with Crippen molar-refractivity contribution in [1.29, 1.82) is 0 Å². The SMILES string of the molecule is CCCCN(C)C(=O)c1cnc(N2CCN(c3ccc(F)c(S(C)(=O)=O)c3)CC2C(C)C)nc1C(F)(F)F. The number of piperazine rings is 1. The van der Waals surface area contributed by atoms with E-state index in [1.54, 1.807) is 4.90 Å². The number of amides is 1. The molecule has 1 aromatic carbocycles. The molecule has 13 heteroatoms. The van der Waals surface area contributed by atoms with Crippen LogP contribution in [0, 0.1) is 11.7 Å². The molecule has 1 saturated heterocycles. The van der Waals surface area contributed by atoms with Crippen molar-refractivity contribution in [2.45, 2.75) is 50.7 Å². The lowest BCUT2D eigenvalue weighted by molar-refractivity contribution is -0.141. The fraction of sp³-hybridized carbons (Fsp3) is 0.560. The van der Waals surface area contributed by atoms with Gasteiger partial charge in [0, 0.05) is 51.4 Å². The second-order valence-corrected chi connectivity index (χ2v) is 11.8. The number of hydrogen-bond donors (Lipinski definition) is 0. The lowest BCUT2D eigenvalue weighted by Gasteiger charge is -2.44. The Labute approximate surface area is 220 Å². The zero-order valence-electron chi connectivity index (χ0n) is 22.1. The van der Waals surface area contributed by atoms with E-state index in [2.05, 4.69) is 9.97 Å². The predicted octanol–water partition coefficient (Wildman–Crippen LogP) is 4.26. The summed E-state index contributed by atoms with van der Waals surface area (Å²) in [6.07, 6.45) is -1.55. The molecule has 1 atom stereocenters. The summed E-state index contributed by atoms with van der Waals surface area (Å²) < 4.78 is 80.1. The van der Waals surface area contributed by atoms with Gasteiger partial charge in [0.05, 0.1) is 11.6 Å². The Balaban J connectivity index is 1.94. The molecular weight excluding hydrogens is 526 g/mol. The van der Waals surface area contributed by atoms with Crippen molar-refractivity contribution in [3.05, 3.63) is 41.5 Å². The van der Waals surface area contributed by atoms with Gasteiger partial charge in [-0.15, -0.1) is 0 Å². The molecule has 1 aromatic heterocycles. The number of carbonyl (C=O) groups excluding carboxylic acids is 1. The van der Waals surface area contributed by atoms with Crippen LogP contribution >= 0.6 is 0 Å². The summed E-state index contributed by atoms with van der Waals surface area (Å²) in [5.41, 5.74) is -1.39. The number of alkyl halides is 3. The summed E-state index contributed by atoms with van der Waals surface area (Å²) in [4.78, 5) is 25.1. The van der Waals surface area contributed by atoms with Crippen molar-refractivity contribution in [2.24, 2.45) is 5.92 Å². The molecule has 1 aliphatic rings. The maximum atomic E-state index is 14.1. The molecular formula is C25H33F4N5O3S. The minimum absolute atomic E-state index is 0.0490. The van der Waals surface area contributed by atoms with Gasteiger partial charge in [0.15, 0.2) is 15.5 Å². The minimum atomic E-state index is -4.86. The average molecular weight is 560 g/mol. The van der Waals surface area contributed by atoms with Crippen LogP contribution in [0.1, 0.15) is 49.7 Å². The molecule has 0 N–H and O–H groups in total. The molecule has 0 aliphatic carbocycles. The Kier molecular flexibility index (Phi) is 8.89. The molecule has 1 fully saturated rings. The number of nitrogens with zero attached hydrogens (tertiary/aromatic N) is 5. The van der Waals surface area contributed by atoms with Gasteiger partial charge >= 0.3 is 6.18 Å². The van der Waals surface area contributed by atoms with Crippen LogP contribution < -0.4 is 9.80 Å². The van der Waals surface area contributed by atoms with Crippen LogP contribution in [0.4, 0.5) is 29.2 Å².